The van der Waals surface area contributed by atoms with Crippen molar-refractivity contribution in [2.75, 3.05) is 63.8 Å². The van der Waals surface area contributed by atoms with E-state index in [4.69, 9.17) is 44.8 Å². The van der Waals surface area contributed by atoms with Gasteiger partial charge in [0.15, 0.2) is 17.8 Å². The van der Waals surface area contributed by atoms with Crippen LogP contribution in [0, 0.1) is 10.1 Å². The number of non-ortho nitro benzene ring substituents is 1. The van der Waals surface area contributed by atoms with Gasteiger partial charge < -0.3 is 43.0 Å². The molecule has 2 N–H and O–H groups in total. The highest BCUT2D eigenvalue weighted by Gasteiger charge is 2.34. The molecule has 0 saturated carbocycles. The number of alkyl halides is 1. The second-order valence-electron chi connectivity index (χ2n) is 12.5. The number of amides is 2. The van der Waals surface area contributed by atoms with Crippen molar-refractivity contribution in [2.24, 2.45) is 0 Å². The zero-order valence-corrected chi connectivity index (χ0v) is 30.4. The predicted octanol–water partition coefficient (Wildman–Crippen LogP) is 7.15. The number of benzene rings is 3. The van der Waals surface area contributed by atoms with Crippen molar-refractivity contribution < 1.29 is 47.7 Å². The third-order valence-electron chi connectivity index (χ3n) is 9.10. The molecule has 2 unspecified atom stereocenters. The van der Waals surface area contributed by atoms with E-state index in [2.05, 4.69) is 10.3 Å². The van der Waals surface area contributed by atoms with Gasteiger partial charge in [-0.05, 0) is 55.2 Å². The van der Waals surface area contributed by atoms with Crippen LogP contribution in [0.25, 0.3) is 10.9 Å². The van der Waals surface area contributed by atoms with E-state index in [1.807, 2.05) is 6.07 Å². The van der Waals surface area contributed by atoms with Crippen LogP contribution < -0.4 is 29.2 Å². The molecule has 2 amide bonds. The lowest BCUT2D eigenvalue weighted by atomic mass is 10.0. The molecule has 0 spiro atoms. The van der Waals surface area contributed by atoms with Gasteiger partial charge in [-0.2, -0.15) is 0 Å². The minimum Gasteiger partial charge on any atom is -0.493 e. The normalized spacial score (nSPS) is 16.6. The fourth-order valence-electron chi connectivity index (χ4n) is 6.45. The van der Waals surface area contributed by atoms with E-state index in [-0.39, 0.29) is 48.6 Å². The van der Waals surface area contributed by atoms with Gasteiger partial charge in [0.25, 0.3) is 11.6 Å². The molecule has 2 atom stereocenters. The zero-order chi connectivity index (χ0) is 37.5. The predicted molar refractivity (Wildman–Crippen MR) is 196 cm³/mol. The molecule has 0 bridgehead atoms. The van der Waals surface area contributed by atoms with Crippen LogP contribution in [0.1, 0.15) is 53.2 Å². The molecule has 2 aliphatic heterocycles. The van der Waals surface area contributed by atoms with Crippen LogP contribution in [-0.2, 0) is 20.8 Å². The molecule has 0 aliphatic carbocycles. The highest BCUT2D eigenvalue weighted by molar-refractivity contribution is 6.19. The first-order valence-corrected chi connectivity index (χ1v) is 17.7. The Bertz CT molecular complexity index is 1960. The summed E-state index contributed by atoms with van der Waals surface area (Å²) in [5, 5.41) is 14.8. The SMILES string of the molecule is COc1cc2cc(C(=O)N3CC(CCl)c4ccc(NC(=O)OCc5ccc([N+](=O)[O-])cc5OCCCOC5CCCCO5)cc43)[nH]c2c(OC)c1OC. The van der Waals surface area contributed by atoms with Crippen molar-refractivity contribution in [3.05, 3.63) is 75.5 Å². The van der Waals surface area contributed by atoms with Gasteiger partial charge in [0.2, 0.25) is 5.75 Å². The molecule has 0 radical (unpaired) electrons. The lowest BCUT2D eigenvalue weighted by Crippen LogP contribution is -2.30. The van der Waals surface area contributed by atoms with Gasteiger partial charge in [0.05, 0.1) is 51.0 Å². The number of carbonyl (C=O) groups is 2. The maximum Gasteiger partial charge on any atom is 0.411 e. The molecule has 3 aromatic carbocycles. The van der Waals surface area contributed by atoms with Gasteiger partial charge in [-0.15, -0.1) is 11.6 Å². The van der Waals surface area contributed by atoms with Gasteiger partial charge in [-0.3, -0.25) is 20.2 Å². The average Bonchev–Trinajstić information content (AvgIpc) is 3.77. The van der Waals surface area contributed by atoms with Crippen LogP contribution in [0.4, 0.5) is 21.9 Å². The maximum absolute atomic E-state index is 14.0. The molecule has 3 heterocycles. The number of nitrogens with one attached hydrogen (secondary N) is 2. The monoisotopic (exact) mass is 752 g/mol. The third kappa shape index (κ3) is 8.37. The van der Waals surface area contributed by atoms with Crippen LogP contribution in [-0.4, -0.2) is 81.8 Å². The maximum atomic E-state index is 14.0. The summed E-state index contributed by atoms with van der Waals surface area (Å²) >= 11 is 6.33. The molecular weight excluding hydrogens is 712 g/mol. The standard InChI is InChI=1S/C37H41ClN4O11/c1-47-31-16-23-15-28(40-33(23)35(49-3)34(31)48-2)36(43)41-20-24(19-38)27-11-9-25(17-29(27)41)39-37(44)53-21-22-8-10-26(42(45)46)18-30(22)50-13-6-14-52-32-7-4-5-12-51-32/h8-11,15-18,24,32,40H,4-7,12-14,19-21H2,1-3H3,(H,39,44). The van der Waals surface area contributed by atoms with Crippen LogP contribution >= 0.6 is 11.6 Å². The Morgan fingerprint density at radius 1 is 1.02 bits per heavy atom. The van der Waals surface area contributed by atoms with E-state index >= 15 is 0 Å². The van der Waals surface area contributed by atoms with Crippen molar-refractivity contribution in [1.82, 2.24) is 4.98 Å². The van der Waals surface area contributed by atoms with Crippen LogP contribution in [0.2, 0.25) is 0 Å². The average molecular weight is 753 g/mol. The second-order valence-corrected chi connectivity index (χ2v) is 12.8. The topological polar surface area (TPSA) is 173 Å². The van der Waals surface area contributed by atoms with Crippen molar-refractivity contribution >= 4 is 51.6 Å². The van der Waals surface area contributed by atoms with E-state index in [1.54, 1.807) is 29.2 Å². The molecule has 282 valence electrons. The Balaban J connectivity index is 1.12. The van der Waals surface area contributed by atoms with Crippen LogP contribution in [0.5, 0.6) is 23.0 Å². The van der Waals surface area contributed by atoms with Crippen LogP contribution in [0.3, 0.4) is 0 Å². The quantitative estimate of drug-likeness (QED) is 0.0547. The van der Waals surface area contributed by atoms with E-state index in [9.17, 15) is 19.7 Å². The summed E-state index contributed by atoms with van der Waals surface area (Å²) < 4.78 is 39.2. The number of carbonyl (C=O) groups excluding carboxylic acids is 2. The fraction of sp³-hybridized carbons (Fsp3) is 0.405. The summed E-state index contributed by atoms with van der Waals surface area (Å²) in [5.41, 5.74) is 3.00. The molecule has 53 heavy (non-hydrogen) atoms. The van der Waals surface area contributed by atoms with Crippen molar-refractivity contribution in [1.29, 1.82) is 0 Å². The Hall–Kier alpha value is -5.25. The number of fused-ring (bicyclic) bond motifs is 2. The van der Waals surface area contributed by atoms with E-state index < -0.39 is 11.0 Å². The molecule has 4 aromatic rings. The first-order valence-electron chi connectivity index (χ1n) is 17.1. The molecular formula is C37H41ClN4O11. The molecule has 1 aromatic heterocycles. The number of rotatable bonds is 15. The van der Waals surface area contributed by atoms with E-state index in [0.29, 0.717) is 77.0 Å². The number of aromatic amines is 1. The Labute approximate surface area is 310 Å². The summed E-state index contributed by atoms with van der Waals surface area (Å²) in [6.07, 6.45) is 2.46. The van der Waals surface area contributed by atoms with E-state index in [1.165, 1.54) is 39.5 Å². The lowest BCUT2D eigenvalue weighted by molar-refractivity contribution is -0.385. The zero-order valence-electron chi connectivity index (χ0n) is 29.6. The first kappa shape index (κ1) is 37.5. The van der Waals surface area contributed by atoms with Crippen molar-refractivity contribution in [3.63, 3.8) is 0 Å². The summed E-state index contributed by atoms with van der Waals surface area (Å²) in [6.45, 7) is 1.43. The second kappa shape index (κ2) is 17.1. The largest absolute Gasteiger partial charge is 0.493 e. The Morgan fingerprint density at radius 3 is 2.57 bits per heavy atom. The summed E-state index contributed by atoms with van der Waals surface area (Å²) in [4.78, 5) is 42.7. The Morgan fingerprint density at radius 2 is 1.85 bits per heavy atom. The minimum absolute atomic E-state index is 0.136. The lowest BCUT2D eigenvalue weighted by Gasteiger charge is -2.22. The number of ether oxygens (including phenoxy) is 7. The molecule has 6 rings (SSSR count). The smallest absolute Gasteiger partial charge is 0.411 e. The summed E-state index contributed by atoms with van der Waals surface area (Å²) in [6, 6.07) is 12.8. The molecule has 1 saturated heterocycles. The molecule has 2 aliphatic rings. The van der Waals surface area contributed by atoms with Gasteiger partial charge in [0, 0.05) is 59.8 Å². The number of halogens is 1. The molecule has 16 heteroatoms. The van der Waals surface area contributed by atoms with Gasteiger partial charge in [-0.25, -0.2) is 4.79 Å². The van der Waals surface area contributed by atoms with Crippen LogP contribution in [0.15, 0.2) is 48.5 Å². The number of hydrogen-bond acceptors (Lipinski definition) is 11. The third-order valence-corrected chi connectivity index (χ3v) is 9.47. The number of nitro benzene ring substituents is 1. The van der Waals surface area contributed by atoms with Crippen molar-refractivity contribution in [3.8, 4) is 23.0 Å². The summed E-state index contributed by atoms with van der Waals surface area (Å²) in [5.74, 6) is 1.30. The minimum atomic E-state index is -0.773. The molecule has 1 fully saturated rings. The number of methoxy groups -OCH3 is 3. The number of aromatic nitrogens is 1. The van der Waals surface area contributed by atoms with Gasteiger partial charge >= 0.3 is 6.09 Å². The van der Waals surface area contributed by atoms with E-state index in [0.717, 1.165) is 24.8 Å². The number of nitrogens with zero attached hydrogens (tertiary/aromatic N) is 2. The first-order chi connectivity index (χ1) is 25.7. The number of H-pyrrole nitrogens is 1. The highest BCUT2D eigenvalue weighted by atomic mass is 35.5. The molecule has 15 nitrogen and oxygen atoms in total. The summed E-state index contributed by atoms with van der Waals surface area (Å²) in [7, 11) is 4.53. The number of nitro groups is 1. The van der Waals surface area contributed by atoms with Gasteiger partial charge in [-0.1, -0.05) is 6.07 Å². The highest BCUT2D eigenvalue weighted by Crippen LogP contribution is 2.44. The number of anilines is 2. The number of hydrogen-bond donors (Lipinski definition) is 2. The van der Waals surface area contributed by atoms with Gasteiger partial charge in [0.1, 0.15) is 18.1 Å². The Kier molecular flexibility index (Phi) is 12.1. The van der Waals surface area contributed by atoms with Crippen molar-refractivity contribution in [2.45, 2.75) is 44.5 Å². The fourth-order valence-corrected chi connectivity index (χ4v) is 6.72.